The lowest BCUT2D eigenvalue weighted by molar-refractivity contribution is 0.0944. The summed E-state index contributed by atoms with van der Waals surface area (Å²) < 4.78 is 1.97. The molecule has 158 valence electrons. The summed E-state index contributed by atoms with van der Waals surface area (Å²) >= 11 is 0. The first-order valence-electron chi connectivity index (χ1n) is 10.9. The van der Waals surface area contributed by atoms with Gasteiger partial charge in [0, 0.05) is 18.8 Å². The van der Waals surface area contributed by atoms with E-state index < -0.39 is 0 Å². The third-order valence-electron chi connectivity index (χ3n) is 5.53. The SMILES string of the molecule is CC(C)c1cc(C(=O)NCc2ccc(CN3CCCCC3)cc2)nn1C(C)(C)C. The number of carbonyl (C=O) groups excluding carboxylic acids is 1. The summed E-state index contributed by atoms with van der Waals surface area (Å²) in [6.45, 7) is 14.5. The lowest BCUT2D eigenvalue weighted by Crippen LogP contribution is -2.29. The van der Waals surface area contributed by atoms with Gasteiger partial charge in [-0.2, -0.15) is 5.10 Å². The fraction of sp³-hybridized carbons (Fsp3) is 0.583. The minimum absolute atomic E-state index is 0.118. The highest BCUT2D eigenvalue weighted by molar-refractivity contribution is 5.92. The lowest BCUT2D eigenvalue weighted by atomic mass is 10.1. The van der Waals surface area contributed by atoms with Crippen LogP contribution in [0.15, 0.2) is 30.3 Å². The van der Waals surface area contributed by atoms with Crippen LogP contribution in [0, 0.1) is 0 Å². The molecule has 1 saturated heterocycles. The summed E-state index contributed by atoms with van der Waals surface area (Å²) in [6, 6.07) is 10.5. The van der Waals surface area contributed by atoms with Crippen LogP contribution in [0.5, 0.6) is 0 Å². The Morgan fingerprint density at radius 1 is 1.07 bits per heavy atom. The van der Waals surface area contributed by atoms with Crippen molar-refractivity contribution >= 4 is 5.91 Å². The van der Waals surface area contributed by atoms with Crippen LogP contribution in [0.25, 0.3) is 0 Å². The van der Waals surface area contributed by atoms with Gasteiger partial charge in [0.25, 0.3) is 5.91 Å². The molecule has 1 aromatic heterocycles. The van der Waals surface area contributed by atoms with Gasteiger partial charge in [0.15, 0.2) is 0 Å². The van der Waals surface area contributed by atoms with Crippen molar-refractivity contribution in [3.05, 3.63) is 52.8 Å². The standard InChI is InChI=1S/C24H36N4O/c1-18(2)22-15-21(26-28(22)24(3,4)5)23(29)25-16-19-9-11-20(12-10-19)17-27-13-7-6-8-14-27/h9-12,15,18H,6-8,13-14,16-17H2,1-5H3,(H,25,29). The number of hydrogen-bond donors (Lipinski definition) is 1. The number of likely N-dealkylation sites (tertiary alicyclic amines) is 1. The van der Waals surface area contributed by atoms with Crippen LogP contribution in [0.4, 0.5) is 0 Å². The van der Waals surface area contributed by atoms with E-state index >= 15 is 0 Å². The molecule has 2 heterocycles. The number of nitrogens with zero attached hydrogens (tertiary/aromatic N) is 3. The van der Waals surface area contributed by atoms with Gasteiger partial charge < -0.3 is 5.32 Å². The van der Waals surface area contributed by atoms with Crippen LogP contribution in [-0.2, 0) is 18.6 Å². The molecule has 0 spiro atoms. The number of piperidine rings is 1. The molecule has 5 heteroatoms. The normalized spacial score (nSPS) is 15.7. The summed E-state index contributed by atoms with van der Waals surface area (Å²) in [5.74, 6) is 0.197. The van der Waals surface area contributed by atoms with Crippen LogP contribution in [0.3, 0.4) is 0 Å². The Hall–Kier alpha value is -2.14. The molecule has 3 rings (SSSR count). The van der Waals surface area contributed by atoms with Crippen molar-refractivity contribution in [1.82, 2.24) is 20.0 Å². The van der Waals surface area contributed by atoms with Gasteiger partial charge in [-0.3, -0.25) is 14.4 Å². The van der Waals surface area contributed by atoms with Crippen LogP contribution < -0.4 is 5.32 Å². The number of nitrogens with one attached hydrogen (secondary N) is 1. The molecule has 5 nitrogen and oxygen atoms in total. The molecule has 1 N–H and O–H groups in total. The Balaban J connectivity index is 1.59. The molecule has 0 aliphatic carbocycles. The zero-order chi connectivity index (χ0) is 21.0. The molecule has 1 aromatic carbocycles. The first kappa shape index (κ1) is 21.6. The first-order chi connectivity index (χ1) is 13.7. The second kappa shape index (κ2) is 9.12. The van der Waals surface area contributed by atoms with Gasteiger partial charge in [0.05, 0.1) is 5.54 Å². The number of hydrogen-bond acceptors (Lipinski definition) is 3. The Morgan fingerprint density at radius 3 is 2.24 bits per heavy atom. The quantitative estimate of drug-likeness (QED) is 0.771. The number of amides is 1. The fourth-order valence-corrected chi connectivity index (χ4v) is 3.87. The summed E-state index contributed by atoms with van der Waals surface area (Å²) in [5.41, 5.74) is 3.88. The predicted octanol–water partition coefficient (Wildman–Crippen LogP) is 4.68. The average Bonchev–Trinajstić information content (AvgIpc) is 3.15. The number of rotatable bonds is 6. The molecule has 0 saturated carbocycles. The molecule has 29 heavy (non-hydrogen) atoms. The van der Waals surface area contributed by atoms with E-state index in [-0.39, 0.29) is 11.4 Å². The van der Waals surface area contributed by atoms with Crippen LogP contribution in [-0.4, -0.2) is 33.7 Å². The van der Waals surface area contributed by atoms with Gasteiger partial charge in [-0.1, -0.05) is 44.5 Å². The zero-order valence-corrected chi connectivity index (χ0v) is 18.7. The highest BCUT2D eigenvalue weighted by Crippen LogP contribution is 2.23. The van der Waals surface area contributed by atoms with Crippen molar-refractivity contribution < 1.29 is 4.79 Å². The maximum atomic E-state index is 12.7. The van der Waals surface area contributed by atoms with Gasteiger partial charge in [-0.05, 0) is 69.8 Å². The number of carbonyl (C=O) groups is 1. The Morgan fingerprint density at radius 2 is 1.69 bits per heavy atom. The predicted molar refractivity (Wildman–Crippen MR) is 118 cm³/mol. The first-order valence-corrected chi connectivity index (χ1v) is 10.9. The molecule has 1 amide bonds. The largest absolute Gasteiger partial charge is 0.347 e. The molecule has 0 unspecified atom stereocenters. The van der Waals surface area contributed by atoms with E-state index in [9.17, 15) is 4.79 Å². The summed E-state index contributed by atoms with van der Waals surface area (Å²) in [6.07, 6.45) is 3.99. The zero-order valence-electron chi connectivity index (χ0n) is 18.7. The van der Waals surface area contributed by atoms with Gasteiger partial charge >= 0.3 is 0 Å². The second-order valence-corrected chi connectivity index (χ2v) is 9.53. The molecule has 0 atom stereocenters. The third kappa shape index (κ3) is 5.69. The molecular weight excluding hydrogens is 360 g/mol. The molecule has 2 aromatic rings. The summed E-state index contributed by atoms with van der Waals surface area (Å²) in [7, 11) is 0. The fourth-order valence-electron chi connectivity index (χ4n) is 3.87. The smallest absolute Gasteiger partial charge is 0.272 e. The molecule has 1 fully saturated rings. The van der Waals surface area contributed by atoms with Crippen molar-refractivity contribution in [3.63, 3.8) is 0 Å². The van der Waals surface area contributed by atoms with E-state index in [1.807, 2.05) is 10.7 Å². The molecule has 1 aliphatic rings. The Labute approximate surface area is 175 Å². The lowest BCUT2D eigenvalue weighted by Gasteiger charge is -2.26. The van der Waals surface area contributed by atoms with E-state index in [1.165, 1.54) is 37.9 Å². The second-order valence-electron chi connectivity index (χ2n) is 9.53. The van der Waals surface area contributed by atoms with E-state index in [0.717, 1.165) is 17.8 Å². The van der Waals surface area contributed by atoms with Gasteiger partial charge in [0.2, 0.25) is 0 Å². The highest BCUT2D eigenvalue weighted by Gasteiger charge is 2.23. The van der Waals surface area contributed by atoms with Crippen molar-refractivity contribution in [2.75, 3.05) is 13.1 Å². The van der Waals surface area contributed by atoms with Gasteiger partial charge in [-0.25, -0.2) is 0 Å². The minimum atomic E-state index is -0.150. The molecular formula is C24H36N4O. The molecule has 0 radical (unpaired) electrons. The molecule has 0 bridgehead atoms. The van der Waals surface area contributed by atoms with E-state index in [4.69, 9.17) is 0 Å². The van der Waals surface area contributed by atoms with Gasteiger partial charge in [0.1, 0.15) is 5.69 Å². The monoisotopic (exact) mass is 396 g/mol. The van der Waals surface area contributed by atoms with Crippen molar-refractivity contribution in [3.8, 4) is 0 Å². The van der Waals surface area contributed by atoms with Crippen molar-refractivity contribution in [2.24, 2.45) is 0 Å². The number of benzene rings is 1. The Bertz CT molecular complexity index is 808. The Kier molecular flexibility index (Phi) is 6.78. The maximum absolute atomic E-state index is 12.7. The summed E-state index contributed by atoms with van der Waals surface area (Å²) in [5, 5.41) is 7.61. The molecule has 1 aliphatic heterocycles. The van der Waals surface area contributed by atoms with E-state index in [0.29, 0.717) is 18.2 Å². The van der Waals surface area contributed by atoms with E-state index in [1.54, 1.807) is 0 Å². The van der Waals surface area contributed by atoms with E-state index in [2.05, 4.69) is 74.2 Å². The average molecular weight is 397 g/mol. The number of aromatic nitrogens is 2. The van der Waals surface area contributed by atoms with Crippen molar-refractivity contribution in [1.29, 1.82) is 0 Å². The topological polar surface area (TPSA) is 50.2 Å². The van der Waals surface area contributed by atoms with Crippen LogP contribution in [0.1, 0.15) is 87.1 Å². The minimum Gasteiger partial charge on any atom is -0.347 e. The highest BCUT2D eigenvalue weighted by atomic mass is 16.1. The van der Waals surface area contributed by atoms with Gasteiger partial charge in [-0.15, -0.1) is 0 Å². The van der Waals surface area contributed by atoms with Crippen LogP contribution in [0.2, 0.25) is 0 Å². The third-order valence-corrected chi connectivity index (χ3v) is 5.53. The summed E-state index contributed by atoms with van der Waals surface area (Å²) in [4.78, 5) is 15.2. The van der Waals surface area contributed by atoms with Crippen LogP contribution >= 0.6 is 0 Å². The van der Waals surface area contributed by atoms with Crippen molar-refractivity contribution in [2.45, 2.75) is 78.4 Å². The maximum Gasteiger partial charge on any atom is 0.272 e.